The molecule has 2 heterocycles. The molecule has 164 valence electrons. The van der Waals surface area contributed by atoms with Crippen molar-refractivity contribution in [1.82, 2.24) is 15.7 Å². The Hall–Kier alpha value is -2.43. The zero-order chi connectivity index (χ0) is 22.7. The maximum absolute atomic E-state index is 12.1. The molecule has 0 atom stereocenters. The Balaban J connectivity index is 2.31. The minimum absolute atomic E-state index is 0.124. The Labute approximate surface area is 177 Å². The lowest BCUT2D eigenvalue weighted by atomic mass is 9.77. The van der Waals surface area contributed by atoms with Crippen LogP contribution in [0.3, 0.4) is 0 Å². The summed E-state index contributed by atoms with van der Waals surface area (Å²) in [6.45, 7) is 13.3. The van der Waals surface area contributed by atoms with Gasteiger partial charge in [0.1, 0.15) is 5.60 Å². The molecule has 30 heavy (non-hydrogen) atoms. The van der Waals surface area contributed by atoms with Crippen LogP contribution < -0.4 is 16.6 Å². The molecular weight excluding hydrogens is 387 g/mol. The Morgan fingerprint density at radius 1 is 1.20 bits per heavy atom. The number of hydrazine groups is 1. The molecule has 1 saturated heterocycles. The summed E-state index contributed by atoms with van der Waals surface area (Å²) in [5.41, 5.74) is 1.93. The number of hydrogen-bond donors (Lipinski definition) is 3. The maximum atomic E-state index is 12.1. The third-order valence-electron chi connectivity index (χ3n) is 4.90. The Morgan fingerprint density at radius 3 is 2.33 bits per heavy atom. The van der Waals surface area contributed by atoms with Crippen LogP contribution in [0.1, 0.15) is 64.4 Å². The van der Waals surface area contributed by atoms with E-state index >= 15 is 0 Å². The van der Waals surface area contributed by atoms with E-state index in [4.69, 9.17) is 19.9 Å². The fraction of sp³-hybridized carbons (Fsp3) is 0.550. The number of pyridine rings is 1. The number of rotatable bonds is 5. The highest BCUT2D eigenvalue weighted by atomic mass is 16.7. The summed E-state index contributed by atoms with van der Waals surface area (Å²) in [7, 11) is -0.697. The van der Waals surface area contributed by atoms with Gasteiger partial charge in [0.25, 0.3) is 5.91 Å². The summed E-state index contributed by atoms with van der Waals surface area (Å²) in [5.74, 6) is 4.75. The molecule has 0 radical (unpaired) electrons. The van der Waals surface area contributed by atoms with Gasteiger partial charge >= 0.3 is 13.2 Å². The van der Waals surface area contributed by atoms with Crippen molar-refractivity contribution in [3.63, 3.8) is 0 Å². The van der Waals surface area contributed by atoms with Crippen LogP contribution in [0, 0.1) is 0 Å². The minimum Gasteiger partial charge on any atom is -0.444 e. The van der Waals surface area contributed by atoms with E-state index in [1.165, 1.54) is 6.20 Å². The predicted octanol–water partition coefficient (Wildman–Crippen LogP) is 2.22. The molecule has 1 fully saturated rings. The molecule has 0 bridgehead atoms. The topological polar surface area (TPSA) is 125 Å². The van der Waals surface area contributed by atoms with Crippen molar-refractivity contribution < 1.29 is 23.6 Å². The number of nitrogen functional groups attached to an aromatic ring is 1. The lowest BCUT2D eigenvalue weighted by molar-refractivity contribution is 0.00578. The van der Waals surface area contributed by atoms with E-state index in [1.54, 1.807) is 39.1 Å². The molecule has 0 aliphatic carbocycles. The third-order valence-corrected chi connectivity index (χ3v) is 4.90. The van der Waals surface area contributed by atoms with Crippen molar-refractivity contribution in [2.75, 3.05) is 6.54 Å². The first-order valence-corrected chi connectivity index (χ1v) is 9.73. The zero-order valence-electron chi connectivity index (χ0n) is 18.7. The van der Waals surface area contributed by atoms with E-state index in [2.05, 4.69) is 15.7 Å². The van der Waals surface area contributed by atoms with Gasteiger partial charge in [-0.1, -0.05) is 6.08 Å². The molecule has 1 aliphatic rings. The minimum atomic E-state index is -0.697. The van der Waals surface area contributed by atoms with E-state index in [-0.39, 0.29) is 6.54 Å². The highest BCUT2D eigenvalue weighted by Gasteiger charge is 2.52. The number of nitrogens with zero attached hydrogens (tertiary/aromatic N) is 1. The third kappa shape index (κ3) is 6.04. The van der Waals surface area contributed by atoms with Crippen molar-refractivity contribution in [3.8, 4) is 0 Å². The molecule has 2 amide bonds. The second-order valence-electron chi connectivity index (χ2n) is 9.14. The Bertz CT molecular complexity index is 817. The SMILES string of the molecule is CC(C)(C)OC(=O)NCC(=Cc1cncc(C(=O)NN)c1)B1OC(C)(C)C(C)(C)O1. The van der Waals surface area contributed by atoms with Crippen LogP contribution in [0.5, 0.6) is 0 Å². The largest absolute Gasteiger partial charge is 0.492 e. The van der Waals surface area contributed by atoms with E-state index in [0.717, 1.165) is 0 Å². The molecule has 2 rings (SSSR count). The maximum Gasteiger partial charge on any atom is 0.492 e. The average molecular weight is 418 g/mol. The molecule has 0 unspecified atom stereocenters. The van der Waals surface area contributed by atoms with Gasteiger partial charge in [-0.25, -0.2) is 10.6 Å². The fourth-order valence-electron chi connectivity index (χ4n) is 2.64. The number of nitrogens with one attached hydrogen (secondary N) is 2. The Morgan fingerprint density at radius 2 is 1.80 bits per heavy atom. The number of ether oxygens (including phenoxy) is 1. The Kier molecular flexibility index (Phi) is 6.95. The molecule has 9 nitrogen and oxygen atoms in total. The van der Waals surface area contributed by atoms with Crippen LogP contribution in [-0.4, -0.2) is 47.5 Å². The summed E-state index contributed by atoms with van der Waals surface area (Å²) in [5, 5.41) is 2.73. The molecule has 0 spiro atoms. The van der Waals surface area contributed by atoms with E-state index < -0.39 is 35.9 Å². The molecule has 10 heteroatoms. The molecule has 1 aromatic rings. The van der Waals surface area contributed by atoms with Gasteiger partial charge < -0.3 is 19.4 Å². The average Bonchev–Trinajstić information content (AvgIpc) is 2.84. The van der Waals surface area contributed by atoms with Gasteiger partial charge in [-0.2, -0.15) is 0 Å². The molecule has 1 aliphatic heterocycles. The van der Waals surface area contributed by atoms with Gasteiger partial charge in [0.2, 0.25) is 0 Å². The summed E-state index contributed by atoms with van der Waals surface area (Å²) < 4.78 is 17.6. The van der Waals surface area contributed by atoms with E-state index in [0.29, 0.717) is 16.6 Å². The van der Waals surface area contributed by atoms with E-state index in [9.17, 15) is 9.59 Å². The zero-order valence-corrected chi connectivity index (χ0v) is 18.7. The lowest BCUT2D eigenvalue weighted by Crippen LogP contribution is -2.41. The summed E-state index contributed by atoms with van der Waals surface area (Å²) >= 11 is 0. The van der Waals surface area contributed by atoms with Crippen molar-refractivity contribution in [2.45, 2.75) is 65.3 Å². The van der Waals surface area contributed by atoms with Gasteiger partial charge in [0, 0.05) is 18.9 Å². The van der Waals surface area contributed by atoms with Crippen molar-refractivity contribution >= 4 is 25.2 Å². The monoisotopic (exact) mass is 418 g/mol. The van der Waals surface area contributed by atoms with Gasteiger partial charge in [0.05, 0.1) is 16.8 Å². The fourth-order valence-corrected chi connectivity index (χ4v) is 2.64. The van der Waals surface area contributed by atoms with Crippen LogP contribution in [-0.2, 0) is 14.0 Å². The second-order valence-corrected chi connectivity index (χ2v) is 9.14. The summed E-state index contributed by atoms with van der Waals surface area (Å²) in [4.78, 5) is 28.0. The normalized spacial score (nSPS) is 18.1. The number of aromatic nitrogens is 1. The molecule has 0 aromatic carbocycles. The van der Waals surface area contributed by atoms with Crippen molar-refractivity contribution in [1.29, 1.82) is 0 Å². The molecule has 1 aromatic heterocycles. The summed E-state index contributed by atoms with van der Waals surface area (Å²) in [6.07, 6.45) is 4.21. The summed E-state index contributed by atoms with van der Waals surface area (Å²) in [6, 6.07) is 1.63. The predicted molar refractivity (Wildman–Crippen MR) is 114 cm³/mol. The van der Waals surface area contributed by atoms with Crippen LogP contribution in [0.15, 0.2) is 23.9 Å². The van der Waals surface area contributed by atoms with E-state index in [1.807, 2.05) is 27.7 Å². The number of carbonyl (C=O) groups excluding carboxylic acids is 2. The first kappa shape index (κ1) is 23.9. The van der Waals surface area contributed by atoms with Gasteiger partial charge in [-0.3, -0.25) is 15.2 Å². The molecule has 4 N–H and O–H groups in total. The number of hydrogen-bond acceptors (Lipinski definition) is 7. The van der Waals surface area contributed by atoms with Gasteiger partial charge in [-0.15, -0.1) is 0 Å². The number of alkyl carbamates (subject to hydrolysis) is 1. The number of amides is 2. The smallest absolute Gasteiger partial charge is 0.444 e. The van der Waals surface area contributed by atoms with Crippen LogP contribution in [0.2, 0.25) is 0 Å². The van der Waals surface area contributed by atoms with Crippen molar-refractivity contribution in [2.24, 2.45) is 5.84 Å². The number of nitrogens with two attached hydrogens (primary N) is 1. The molecule has 0 saturated carbocycles. The van der Waals surface area contributed by atoms with Crippen LogP contribution >= 0.6 is 0 Å². The van der Waals surface area contributed by atoms with Gasteiger partial charge in [-0.05, 0) is 65.6 Å². The number of carbonyl (C=O) groups is 2. The second kappa shape index (κ2) is 8.75. The lowest BCUT2D eigenvalue weighted by Gasteiger charge is -2.32. The highest BCUT2D eigenvalue weighted by molar-refractivity contribution is 6.56. The van der Waals surface area contributed by atoms with Crippen molar-refractivity contribution in [3.05, 3.63) is 35.1 Å². The van der Waals surface area contributed by atoms with Gasteiger partial charge in [0.15, 0.2) is 0 Å². The standard InChI is InChI=1S/C20H31BN4O5/c1-18(2,3)28-17(27)24-12-15(21-29-19(4,5)20(6,7)30-21)9-13-8-14(11-23-10-13)16(26)25-22/h8-11H,12,22H2,1-7H3,(H,24,27)(H,25,26). The first-order valence-electron chi connectivity index (χ1n) is 9.73. The first-order chi connectivity index (χ1) is 13.7. The van der Waals surface area contributed by atoms with Crippen LogP contribution in [0.25, 0.3) is 6.08 Å². The quantitative estimate of drug-likeness (QED) is 0.290. The van der Waals surface area contributed by atoms with Crippen LogP contribution in [0.4, 0.5) is 4.79 Å². The molecular formula is C20H31BN4O5. The highest BCUT2D eigenvalue weighted by Crippen LogP contribution is 2.38.